The molecule has 5 rings (SSSR count). The van der Waals surface area contributed by atoms with Gasteiger partial charge >= 0.3 is 0 Å². The lowest BCUT2D eigenvalue weighted by Crippen LogP contribution is -2.28. The molecular formula is C29H33N3O3. The fourth-order valence-corrected chi connectivity index (χ4v) is 4.85. The van der Waals surface area contributed by atoms with Crippen molar-refractivity contribution in [2.75, 3.05) is 39.5 Å². The number of pyridine rings is 1. The molecule has 0 N–H and O–H groups in total. The van der Waals surface area contributed by atoms with Crippen molar-refractivity contribution in [1.29, 1.82) is 0 Å². The Balaban J connectivity index is 1.39. The van der Waals surface area contributed by atoms with Gasteiger partial charge in [-0.1, -0.05) is 30.3 Å². The van der Waals surface area contributed by atoms with E-state index in [-0.39, 0.29) is 5.91 Å². The van der Waals surface area contributed by atoms with E-state index < -0.39 is 0 Å². The van der Waals surface area contributed by atoms with E-state index in [9.17, 15) is 4.79 Å². The zero-order chi connectivity index (χ0) is 23.9. The zero-order valence-electron chi connectivity index (χ0n) is 20.2. The van der Waals surface area contributed by atoms with Crippen LogP contribution >= 0.6 is 0 Å². The second kappa shape index (κ2) is 11.5. The van der Waals surface area contributed by atoms with Crippen molar-refractivity contribution in [3.05, 3.63) is 94.8 Å². The van der Waals surface area contributed by atoms with E-state index in [0.29, 0.717) is 26.2 Å². The van der Waals surface area contributed by atoms with E-state index >= 15 is 0 Å². The Morgan fingerprint density at radius 2 is 1.77 bits per heavy atom. The van der Waals surface area contributed by atoms with Gasteiger partial charge in [-0.15, -0.1) is 0 Å². The van der Waals surface area contributed by atoms with Gasteiger partial charge in [0, 0.05) is 50.9 Å². The maximum atomic E-state index is 13.0. The summed E-state index contributed by atoms with van der Waals surface area (Å²) in [5.41, 5.74) is 5.29. The predicted molar refractivity (Wildman–Crippen MR) is 135 cm³/mol. The number of carbonyl (C=O) groups excluding carboxylic acids is 1. The highest BCUT2D eigenvalue weighted by atomic mass is 16.5. The highest BCUT2D eigenvalue weighted by molar-refractivity contribution is 5.94. The number of hydrogen-bond acceptors (Lipinski definition) is 5. The van der Waals surface area contributed by atoms with Crippen molar-refractivity contribution in [2.45, 2.75) is 32.4 Å². The van der Waals surface area contributed by atoms with Crippen molar-refractivity contribution in [2.24, 2.45) is 0 Å². The van der Waals surface area contributed by atoms with Gasteiger partial charge in [-0.05, 0) is 59.9 Å². The van der Waals surface area contributed by atoms with Crippen molar-refractivity contribution in [1.82, 2.24) is 14.8 Å². The van der Waals surface area contributed by atoms with Crippen LogP contribution in [0, 0.1) is 0 Å². The Kier molecular flexibility index (Phi) is 7.71. The van der Waals surface area contributed by atoms with Gasteiger partial charge in [0.25, 0.3) is 5.91 Å². The minimum atomic E-state index is 0.118. The minimum Gasteiger partial charge on any atom is -0.491 e. The van der Waals surface area contributed by atoms with E-state index in [4.69, 9.17) is 9.47 Å². The summed E-state index contributed by atoms with van der Waals surface area (Å²) < 4.78 is 12.0. The molecule has 2 aliphatic rings. The number of benzene rings is 2. The van der Waals surface area contributed by atoms with Crippen LogP contribution in [-0.4, -0.2) is 60.1 Å². The summed E-state index contributed by atoms with van der Waals surface area (Å²) in [5, 5.41) is 0. The molecule has 35 heavy (non-hydrogen) atoms. The van der Waals surface area contributed by atoms with Crippen LogP contribution in [0.5, 0.6) is 5.75 Å². The molecule has 6 heteroatoms. The van der Waals surface area contributed by atoms with Crippen LogP contribution in [0.4, 0.5) is 0 Å². The molecule has 1 amide bonds. The molecule has 2 bridgehead atoms. The molecule has 3 aromatic rings. The lowest BCUT2D eigenvalue weighted by Gasteiger charge is -2.23. The fourth-order valence-electron chi connectivity index (χ4n) is 4.85. The third kappa shape index (κ3) is 6.27. The quantitative estimate of drug-likeness (QED) is 0.570. The first-order valence-corrected chi connectivity index (χ1v) is 12.6. The number of carbonyl (C=O) groups is 1. The smallest absolute Gasteiger partial charge is 0.253 e. The Morgan fingerprint density at radius 3 is 2.63 bits per heavy atom. The van der Waals surface area contributed by atoms with Crippen molar-refractivity contribution in [3.8, 4) is 5.75 Å². The van der Waals surface area contributed by atoms with Crippen molar-refractivity contribution < 1.29 is 14.3 Å². The van der Waals surface area contributed by atoms with E-state index in [1.54, 1.807) is 0 Å². The number of aromatic nitrogens is 1. The molecule has 0 spiro atoms. The molecule has 2 aromatic carbocycles. The highest BCUT2D eigenvalue weighted by Crippen LogP contribution is 2.26. The topological polar surface area (TPSA) is 54.9 Å². The molecule has 3 heterocycles. The maximum Gasteiger partial charge on any atom is 0.253 e. The van der Waals surface area contributed by atoms with Crippen LogP contribution in [0.15, 0.2) is 66.9 Å². The standard InChI is InChI=1S/C29H33N3O3/c33-29(32-12-3-4-13-32)25-9-10-28-26(20-25)19-23-6-5-7-24(18-23)21-31(14-15-34-16-17-35-28)22-27-8-1-2-11-30-27/h1-2,5-11,18,20H,3-4,12-17,19,21-22H2. The number of likely N-dealkylation sites (tertiary alicyclic amines) is 1. The minimum absolute atomic E-state index is 0.118. The fraction of sp³-hybridized carbons (Fsp3) is 0.379. The molecule has 1 aromatic heterocycles. The highest BCUT2D eigenvalue weighted by Gasteiger charge is 2.21. The van der Waals surface area contributed by atoms with Gasteiger partial charge in [0.1, 0.15) is 12.4 Å². The average molecular weight is 472 g/mol. The second-order valence-corrected chi connectivity index (χ2v) is 9.31. The zero-order valence-corrected chi connectivity index (χ0v) is 20.2. The van der Waals surface area contributed by atoms with Crippen LogP contribution in [-0.2, 0) is 24.2 Å². The Labute approximate surface area is 207 Å². The molecule has 1 saturated heterocycles. The Morgan fingerprint density at radius 1 is 0.886 bits per heavy atom. The number of amides is 1. The maximum absolute atomic E-state index is 13.0. The third-order valence-electron chi connectivity index (χ3n) is 6.64. The molecule has 0 unspecified atom stereocenters. The van der Waals surface area contributed by atoms with Crippen LogP contribution in [0.25, 0.3) is 0 Å². The van der Waals surface area contributed by atoms with Crippen LogP contribution in [0.1, 0.15) is 45.6 Å². The number of fused-ring (bicyclic) bond motifs is 3. The van der Waals surface area contributed by atoms with Crippen molar-refractivity contribution in [3.63, 3.8) is 0 Å². The number of hydrogen-bond donors (Lipinski definition) is 0. The lowest BCUT2D eigenvalue weighted by atomic mass is 9.99. The molecule has 182 valence electrons. The molecule has 1 fully saturated rings. The van der Waals surface area contributed by atoms with Gasteiger partial charge in [0.2, 0.25) is 0 Å². The molecule has 0 aliphatic carbocycles. The average Bonchev–Trinajstić information content (AvgIpc) is 3.42. The molecular weight excluding hydrogens is 438 g/mol. The first kappa shape index (κ1) is 23.5. The predicted octanol–water partition coefficient (Wildman–Crippen LogP) is 4.32. The molecule has 0 saturated carbocycles. The summed E-state index contributed by atoms with van der Waals surface area (Å²) in [6.45, 7) is 5.75. The van der Waals surface area contributed by atoms with E-state index in [1.165, 1.54) is 11.1 Å². The molecule has 0 atom stereocenters. The first-order chi connectivity index (χ1) is 17.2. The monoisotopic (exact) mass is 471 g/mol. The molecule has 2 aliphatic heterocycles. The van der Waals surface area contributed by atoms with E-state index in [1.807, 2.05) is 41.4 Å². The third-order valence-corrected chi connectivity index (χ3v) is 6.64. The van der Waals surface area contributed by atoms with E-state index in [0.717, 1.165) is 68.1 Å². The number of ether oxygens (including phenoxy) is 2. The van der Waals surface area contributed by atoms with Crippen LogP contribution < -0.4 is 4.74 Å². The Bertz CT molecular complexity index is 1130. The van der Waals surface area contributed by atoms with Gasteiger partial charge in [0.05, 0.1) is 18.9 Å². The van der Waals surface area contributed by atoms with Gasteiger partial charge in [-0.2, -0.15) is 0 Å². The molecule has 6 nitrogen and oxygen atoms in total. The summed E-state index contributed by atoms with van der Waals surface area (Å²) in [4.78, 5) is 21.8. The number of nitrogens with zero attached hydrogens (tertiary/aromatic N) is 3. The van der Waals surface area contributed by atoms with E-state index in [2.05, 4.69) is 40.2 Å². The van der Waals surface area contributed by atoms with Gasteiger partial charge in [0.15, 0.2) is 0 Å². The summed E-state index contributed by atoms with van der Waals surface area (Å²) in [6, 6.07) is 20.6. The van der Waals surface area contributed by atoms with Crippen LogP contribution in [0.2, 0.25) is 0 Å². The van der Waals surface area contributed by atoms with Crippen LogP contribution in [0.3, 0.4) is 0 Å². The van der Waals surface area contributed by atoms with Gasteiger partial charge < -0.3 is 14.4 Å². The summed E-state index contributed by atoms with van der Waals surface area (Å²) in [7, 11) is 0. The Hall–Kier alpha value is -3.22. The lowest BCUT2D eigenvalue weighted by molar-refractivity contribution is 0.0753. The van der Waals surface area contributed by atoms with Crippen molar-refractivity contribution >= 4 is 5.91 Å². The summed E-state index contributed by atoms with van der Waals surface area (Å²) >= 11 is 0. The van der Waals surface area contributed by atoms with Gasteiger partial charge in [-0.25, -0.2) is 0 Å². The van der Waals surface area contributed by atoms with Gasteiger partial charge in [-0.3, -0.25) is 14.7 Å². The number of rotatable bonds is 3. The summed E-state index contributed by atoms with van der Waals surface area (Å²) in [5.74, 6) is 0.942. The first-order valence-electron chi connectivity index (χ1n) is 12.6. The largest absolute Gasteiger partial charge is 0.491 e. The SMILES string of the molecule is O=C(c1ccc2c(c1)Cc1cccc(c1)CN(Cc1ccccn1)CCOCCO2)N1CCCC1. The second-order valence-electron chi connectivity index (χ2n) is 9.31. The normalized spacial score (nSPS) is 17.3. The molecule has 0 radical (unpaired) electrons. The summed E-state index contributed by atoms with van der Waals surface area (Å²) in [6.07, 6.45) is 4.73.